The van der Waals surface area contributed by atoms with Crippen LogP contribution >= 0.6 is 39.1 Å². The Balaban J connectivity index is 1.98. The lowest BCUT2D eigenvalue weighted by atomic mass is 10.1. The predicted octanol–water partition coefficient (Wildman–Crippen LogP) is 4.07. The van der Waals surface area contributed by atoms with Gasteiger partial charge in [-0.2, -0.15) is 4.31 Å². The van der Waals surface area contributed by atoms with Gasteiger partial charge in [0.15, 0.2) is 0 Å². The van der Waals surface area contributed by atoms with Crippen LogP contribution in [0.4, 0.5) is 0 Å². The molecule has 0 saturated carbocycles. The van der Waals surface area contributed by atoms with Crippen molar-refractivity contribution in [2.45, 2.75) is 47.5 Å². The van der Waals surface area contributed by atoms with Crippen molar-refractivity contribution in [2.75, 3.05) is 0 Å². The molecule has 0 N–H and O–H groups in total. The number of nitrogens with zero attached hydrogens (tertiary/aromatic N) is 1. The topological polar surface area (TPSA) is 37.4 Å². The fraction of sp³-hybridized carbons (Fsp3) is 0.538. The number of benzene rings is 1. The van der Waals surface area contributed by atoms with Gasteiger partial charge in [-0.3, -0.25) is 0 Å². The Morgan fingerprint density at radius 2 is 1.70 bits per heavy atom. The van der Waals surface area contributed by atoms with Crippen LogP contribution in [0.5, 0.6) is 0 Å². The number of fused-ring (bicyclic) bond motifs is 2. The van der Waals surface area contributed by atoms with Crippen molar-refractivity contribution in [1.82, 2.24) is 4.31 Å². The molecule has 0 radical (unpaired) electrons. The molecule has 0 spiro atoms. The highest BCUT2D eigenvalue weighted by Gasteiger charge is 2.46. The first kappa shape index (κ1) is 15.1. The first-order chi connectivity index (χ1) is 9.39. The summed E-state index contributed by atoms with van der Waals surface area (Å²) in [5, 5.41) is 0.642. The van der Waals surface area contributed by atoms with E-state index < -0.39 is 10.0 Å². The van der Waals surface area contributed by atoms with Crippen LogP contribution < -0.4 is 0 Å². The molecule has 20 heavy (non-hydrogen) atoms. The van der Waals surface area contributed by atoms with E-state index in [-0.39, 0.29) is 22.0 Å². The lowest BCUT2D eigenvalue weighted by Gasteiger charge is -2.36. The van der Waals surface area contributed by atoms with E-state index in [4.69, 9.17) is 23.2 Å². The fourth-order valence-electron chi connectivity index (χ4n) is 3.22. The summed E-state index contributed by atoms with van der Waals surface area (Å²) >= 11 is 15.4. The zero-order valence-corrected chi connectivity index (χ0v) is 14.5. The highest BCUT2D eigenvalue weighted by molar-refractivity contribution is 9.09. The van der Waals surface area contributed by atoms with E-state index in [1.807, 2.05) is 0 Å². The van der Waals surface area contributed by atoms with Crippen molar-refractivity contribution in [1.29, 1.82) is 0 Å². The maximum Gasteiger partial charge on any atom is 0.243 e. The van der Waals surface area contributed by atoms with Gasteiger partial charge in [0.05, 0.1) is 14.9 Å². The number of rotatable bonds is 2. The highest BCUT2D eigenvalue weighted by Crippen LogP contribution is 2.42. The lowest BCUT2D eigenvalue weighted by molar-refractivity contribution is 0.255. The first-order valence-electron chi connectivity index (χ1n) is 6.52. The standard InChI is InChI=1S/C13H14BrCl2NO2S/c14-8-5-9-1-2-10(6-8)17(9)20(18,19)11-3-4-12(15)13(16)7-11/h3-4,7-10H,1-2,5-6H2. The van der Waals surface area contributed by atoms with Crippen LogP contribution in [0, 0.1) is 0 Å². The summed E-state index contributed by atoms with van der Waals surface area (Å²) in [6.45, 7) is 0. The Morgan fingerprint density at radius 3 is 2.25 bits per heavy atom. The van der Waals surface area contributed by atoms with Crippen molar-refractivity contribution in [3.8, 4) is 0 Å². The molecule has 2 aliphatic rings. The van der Waals surface area contributed by atoms with E-state index in [1.165, 1.54) is 18.2 Å². The largest absolute Gasteiger partial charge is 0.243 e. The fourth-order valence-corrected chi connectivity index (χ4v) is 6.36. The molecule has 2 fully saturated rings. The molecular formula is C13H14BrCl2NO2S. The second kappa shape index (κ2) is 5.43. The zero-order chi connectivity index (χ0) is 14.5. The van der Waals surface area contributed by atoms with E-state index in [9.17, 15) is 8.42 Å². The number of piperidine rings is 1. The summed E-state index contributed by atoms with van der Waals surface area (Å²) in [7, 11) is -3.49. The molecule has 2 saturated heterocycles. The first-order valence-corrected chi connectivity index (χ1v) is 9.63. The number of sulfonamides is 1. The molecule has 1 aromatic rings. The van der Waals surface area contributed by atoms with E-state index >= 15 is 0 Å². The average molecular weight is 399 g/mol. The van der Waals surface area contributed by atoms with Crippen molar-refractivity contribution < 1.29 is 8.42 Å². The molecule has 3 rings (SSSR count). The van der Waals surface area contributed by atoms with Gasteiger partial charge in [-0.25, -0.2) is 8.42 Å². The minimum atomic E-state index is -3.49. The van der Waals surface area contributed by atoms with Crippen molar-refractivity contribution in [3.63, 3.8) is 0 Å². The average Bonchev–Trinajstić information content (AvgIpc) is 2.66. The van der Waals surface area contributed by atoms with Crippen LogP contribution in [0.25, 0.3) is 0 Å². The maximum atomic E-state index is 12.8. The van der Waals surface area contributed by atoms with Gasteiger partial charge in [-0.1, -0.05) is 39.1 Å². The molecule has 0 aromatic heterocycles. The third kappa shape index (κ3) is 2.52. The third-order valence-corrected chi connectivity index (χ3v) is 7.56. The SMILES string of the molecule is O=S(=O)(c1ccc(Cl)c(Cl)c1)N1C2CCC1CC(Br)C2. The quantitative estimate of drug-likeness (QED) is 0.704. The molecule has 1 aromatic carbocycles. The smallest absolute Gasteiger partial charge is 0.207 e. The van der Waals surface area contributed by atoms with Crippen molar-refractivity contribution >= 4 is 49.2 Å². The van der Waals surface area contributed by atoms with Gasteiger partial charge in [-0.15, -0.1) is 0 Å². The predicted molar refractivity (Wildman–Crippen MR) is 84.2 cm³/mol. The van der Waals surface area contributed by atoms with Gasteiger partial charge in [0, 0.05) is 16.9 Å². The van der Waals surface area contributed by atoms with Crippen LogP contribution in [0.2, 0.25) is 10.0 Å². The number of halogens is 3. The molecular weight excluding hydrogens is 385 g/mol. The summed E-state index contributed by atoms with van der Waals surface area (Å²) in [6.07, 6.45) is 3.62. The number of alkyl halides is 1. The van der Waals surface area contributed by atoms with Crippen LogP contribution in [-0.2, 0) is 10.0 Å². The van der Waals surface area contributed by atoms with Gasteiger partial charge in [0.2, 0.25) is 10.0 Å². The normalized spacial score (nSPS) is 30.6. The van der Waals surface area contributed by atoms with Gasteiger partial charge >= 0.3 is 0 Å². The molecule has 2 aliphatic heterocycles. The second-order valence-electron chi connectivity index (χ2n) is 5.36. The Kier molecular flexibility index (Phi) is 4.10. The Morgan fingerprint density at radius 1 is 1.10 bits per heavy atom. The summed E-state index contributed by atoms with van der Waals surface area (Å²) in [5.74, 6) is 0. The highest BCUT2D eigenvalue weighted by atomic mass is 79.9. The van der Waals surface area contributed by atoms with Crippen molar-refractivity contribution in [2.24, 2.45) is 0 Å². The molecule has 2 unspecified atom stereocenters. The van der Waals surface area contributed by atoms with E-state index in [1.54, 1.807) is 4.31 Å². The summed E-state index contributed by atoms with van der Waals surface area (Å²) in [5.41, 5.74) is 0. The molecule has 3 nitrogen and oxygen atoms in total. The Hall–Kier alpha value is 0.190. The molecule has 7 heteroatoms. The minimum absolute atomic E-state index is 0.0950. The van der Waals surface area contributed by atoms with Gasteiger partial charge in [-0.05, 0) is 43.9 Å². The molecule has 2 bridgehead atoms. The summed E-state index contributed by atoms with van der Waals surface area (Å²) in [6, 6.07) is 4.70. The van der Waals surface area contributed by atoms with Crippen molar-refractivity contribution in [3.05, 3.63) is 28.2 Å². The van der Waals surface area contributed by atoms with Gasteiger partial charge in [0.1, 0.15) is 0 Å². The molecule has 0 amide bonds. The van der Waals surface area contributed by atoms with Crippen LogP contribution in [0.1, 0.15) is 25.7 Å². The molecule has 110 valence electrons. The summed E-state index contributed by atoms with van der Waals surface area (Å²) in [4.78, 5) is 0.650. The Labute approximate surface area is 137 Å². The minimum Gasteiger partial charge on any atom is -0.207 e. The number of hydrogen-bond donors (Lipinski definition) is 0. The maximum absolute atomic E-state index is 12.8. The van der Waals surface area contributed by atoms with Gasteiger partial charge < -0.3 is 0 Å². The second-order valence-corrected chi connectivity index (χ2v) is 9.32. The third-order valence-electron chi connectivity index (χ3n) is 4.08. The zero-order valence-electron chi connectivity index (χ0n) is 10.6. The van der Waals surface area contributed by atoms with Gasteiger partial charge in [0.25, 0.3) is 0 Å². The van der Waals surface area contributed by atoms with Crippen LogP contribution in [-0.4, -0.2) is 29.6 Å². The lowest BCUT2D eigenvalue weighted by Crippen LogP contribution is -2.46. The summed E-state index contributed by atoms with van der Waals surface area (Å²) < 4.78 is 27.3. The molecule has 2 heterocycles. The molecule has 0 aliphatic carbocycles. The molecule has 2 atom stereocenters. The number of hydrogen-bond acceptors (Lipinski definition) is 2. The van der Waals surface area contributed by atoms with Crippen LogP contribution in [0.3, 0.4) is 0 Å². The Bertz CT molecular complexity index is 623. The van der Waals surface area contributed by atoms with Crippen LogP contribution in [0.15, 0.2) is 23.1 Å². The van der Waals surface area contributed by atoms with E-state index in [2.05, 4.69) is 15.9 Å². The van der Waals surface area contributed by atoms with E-state index in [0.29, 0.717) is 9.85 Å². The monoisotopic (exact) mass is 397 g/mol. The van der Waals surface area contributed by atoms with E-state index in [0.717, 1.165) is 25.7 Å².